The average Bonchev–Trinajstić information content (AvgIpc) is 2.96. The van der Waals surface area contributed by atoms with Crippen LogP contribution in [0.15, 0.2) is 48.5 Å². The lowest BCUT2D eigenvalue weighted by molar-refractivity contribution is 0.0571. The molecule has 1 amide bonds. The Morgan fingerprint density at radius 3 is 2.70 bits per heavy atom. The van der Waals surface area contributed by atoms with Crippen molar-refractivity contribution in [2.75, 3.05) is 11.9 Å². The van der Waals surface area contributed by atoms with Crippen molar-refractivity contribution >= 4 is 22.8 Å². The molecule has 6 heteroatoms. The molecule has 1 saturated carbocycles. The number of aryl methyl sites for hydroxylation is 1. The van der Waals surface area contributed by atoms with Crippen LogP contribution < -0.4 is 5.32 Å². The van der Waals surface area contributed by atoms with E-state index in [9.17, 15) is 9.90 Å². The molecular weight excluding hydrogens is 342 g/mol. The van der Waals surface area contributed by atoms with E-state index in [4.69, 9.17) is 4.74 Å². The van der Waals surface area contributed by atoms with Gasteiger partial charge in [-0.1, -0.05) is 30.3 Å². The zero-order valence-corrected chi connectivity index (χ0v) is 15.3. The number of aliphatic hydroxyl groups excluding tert-OH is 1. The number of anilines is 1. The minimum absolute atomic E-state index is 0.116. The minimum atomic E-state index is -0.500. The second-order valence-electron chi connectivity index (χ2n) is 7.12. The van der Waals surface area contributed by atoms with Gasteiger partial charge in [0.05, 0.1) is 23.2 Å². The van der Waals surface area contributed by atoms with Crippen LogP contribution in [-0.2, 0) is 16.9 Å². The molecule has 1 aromatic heterocycles. The molecular formula is C21H23N3O3. The van der Waals surface area contributed by atoms with E-state index in [1.54, 1.807) is 0 Å². The van der Waals surface area contributed by atoms with E-state index in [1.807, 2.05) is 55.5 Å². The predicted molar refractivity (Wildman–Crippen MR) is 104 cm³/mol. The van der Waals surface area contributed by atoms with Crippen molar-refractivity contribution in [3.63, 3.8) is 0 Å². The maximum absolute atomic E-state index is 12.1. The lowest BCUT2D eigenvalue weighted by Crippen LogP contribution is -2.44. The first kappa shape index (κ1) is 17.5. The molecule has 0 atom stereocenters. The first-order valence-electron chi connectivity index (χ1n) is 9.19. The number of hydrogen-bond donors (Lipinski definition) is 2. The van der Waals surface area contributed by atoms with E-state index in [0.29, 0.717) is 5.69 Å². The Balaban J connectivity index is 1.50. The second kappa shape index (κ2) is 7.04. The van der Waals surface area contributed by atoms with Crippen LogP contribution in [0.2, 0.25) is 0 Å². The molecule has 0 bridgehead atoms. The Labute approximate surface area is 157 Å². The summed E-state index contributed by atoms with van der Waals surface area (Å²) in [6.45, 7) is 2.30. The number of carbonyl (C=O) groups excluding carboxylic acids is 1. The Bertz CT molecular complexity index is 956. The molecule has 0 radical (unpaired) electrons. The Morgan fingerprint density at radius 1 is 1.26 bits per heavy atom. The largest absolute Gasteiger partial charge is 0.444 e. The van der Waals surface area contributed by atoms with Crippen LogP contribution in [0.5, 0.6) is 0 Å². The summed E-state index contributed by atoms with van der Waals surface area (Å²) in [7, 11) is 0. The van der Waals surface area contributed by atoms with Gasteiger partial charge in [-0.3, -0.25) is 5.32 Å². The van der Waals surface area contributed by atoms with Crippen LogP contribution in [-0.4, -0.2) is 27.4 Å². The number of nitrogens with one attached hydrogen (secondary N) is 1. The van der Waals surface area contributed by atoms with Gasteiger partial charge < -0.3 is 14.4 Å². The maximum atomic E-state index is 12.1. The van der Waals surface area contributed by atoms with E-state index in [0.717, 1.165) is 41.7 Å². The molecule has 1 fully saturated rings. The minimum Gasteiger partial charge on any atom is -0.444 e. The normalized spacial score (nSPS) is 15.3. The molecule has 3 aromatic rings. The molecule has 4 rings (SSSR count). The number of nitrogens with zero attached hydrogens (tertiary/aromatic N) is 2. The highest BCUT2D eigenvalue weighted by Crippen LogP contribution is 2.41. The Morgan fingerprint density at radius 2 is 2.04 bits per heavy atom. The van der Waals surface area contributed by atoms with Crippen LogP contribution in [0.3, 0.4) is 0 Å². The quantitative estimate of drug-likeness (QED) is 0.717. The number of fused-ring (bicyclic) bond motifs is 1. The Kier molecular flexibility index (Phi) is 4.58. The summed E-state index contributed by atoms with van der Waals surface area (Å²) in [4.78, 5) is 16.7. The highest BCUT2D eigenvalue weighted by molar-refractivity contribution is 5.89. The van der Waals surface area contributed by atoms with Gasteiger partial charge in [-0.2, -0.15) is 0 Å². The number of rotatable bonds is 5. The third kappa shape index (κ3) is 3.28. The summed E-state index contributed by atoms with van der Waals surface area (Å²) in [6, 6.07) is 15.2. The van der Waals surface area contributed by atoms with Crippen molar-refractivity contribution in [1.29, 1.82) is 0 Å². The molecule has 1 aliphatic rings. The fourth-order valence-electron chi connectivity index (χ4n) is 3.79. The van der Waals surface area contributed by atoms with Gasteiger partial charge in [0.15, 0.2) is 0 Å². The van der Waals surface area contributed by atoms with Crippen molar-refractivity contribution in [1.82, 2.24) is 9.55 Å². The smallest absolute Gasteiger partial charge is 0.411 e. The molecule has 1 aliphatic carbocycles. The first-order valence-corrected chi connectivity index (χ1v) is 9.19. The molecule has 140 valence electrons. The number of ether oxygens (including phenoxy) is 1. The molecule has 2 aromatic carbocycles. The molecule has 0 unspecified atom stereocenters. The van der Waals surface area contributed by atoms with Gasteiger partial charge in [-0.05, 0) is 49.9 Å². The van der Waals surface area contributed by atoms with E-state index >= 15 is 0 Å². The predicted octanol–water partition coefficient (Wildman–Crippen LogP) is 3.96. The number of aliphatic hydroxyl groups is 1. The molecule has 2 N–H and O–H groups in total. The second-order valence-corrected chi connectivity index (χ2v) is 7.12. The zero-order valence-electron chi connectivity index (χ0n) is 15.3. The van der Waals surface area contributed by atoms with Gasteiger partial charge in [-0.15, -0.1) is 0 Å². The summed E-state index contributed by atoms with van der Waals surface area (Å²) in [6.07, 6.45) is 2.54. The van der Waals surface area contributed by atoms with Crippen molar-refractivity contribution in [2.45, 2.75) is 38.3 Å². The van der Waals surface area contributed by atoms with Crippen molar-refractivity contribution in [3.8, 4) is 0 Å². The zero-order chi connectivity index (χ0) is 18.9. The topological polar surface area (TPSA) is 76.4 Å². The number of amides is 1. The van der Waals surface area contributed by atoms with Gasteiger partial charge in [-0.25, -0.2) is 9.78 Å². The Hall–Kier alpha value is -2.86. The molecule has 27 heavy (non-hydrogen) atoms. The highest BCUT2D eigenvalue weighted by atomic mass is 16.5. The van der Waals surface area contributed by atoms with Crippen LogP contribution >= 0.6 is 0 Å². The molecule has 6 nitrogen and oxygen atoms in total. The lowest BCUT2D eigenvalue weighted by Gasteiger charge is -2.42. The van der Waals surface area contributed by atoms with Crippen molar-refractivity contribution in [3.05, 3.63) is 59.9 Å². The highest BCUT2D eigenvalue weighted by Gasteiger charge is 2.40. The van der Waals surface area contributed by atoms with Crippen LogP contribution in [0.25, 0.3) is 11.0 Å². The standard InChI is InChI=1S/C21H23N3O3/c1-15-22-18-12-17(23-20(26)27-13-16-6-3-2-4-7-16)8-9-19(18)24(15)21(14-25)10-5-11-21/h2-4,6-9,12,25H,5,10-11,13-14H2,1H3,(H,23,26). The van der Waals surface area contributed by atoms with E-state index in [2.05, 4.69) is 14.9 Å². The van der Waals surface area contributed by atoms with E-state index in [-0.39, 0.29) is 18.8 Å². The van der Waals surface area contributed by atoms with E-state index in [1.165, 1.54) is 0 Å². The maximum Gasteiger partial charge on any atom is 0.411 e. The number of benzene rings is 2. The third-order valence-electron chi connectivity index (χ3n) is 5.33. The summed E-state index contributed by atoms with van der Waals surface area (Å²) in [5.74, 6) is 0.877. The van der Waals surface area contributed by atoms with Gasteiger partial charge >= 0.3 is 6.09 Å². The van der Waals surface area contributed by atoms with Crippen LogP contribution in [0, 0.1) is 6.92 Å². The van der Waals surface area contributed by atoms with Crippen molar-refractivity contribution in [2.24, 2.45) is 0 Å². The van der Waals surface area contributed by atoms with Gasteiger partial charge in [0.25, 0.3) is 0 Å². The first-order chi connectivity index (χ1) is 13.1. The fourth-order valence-corrected chi connectivity index (χ4v) is 3.79. The summed E-state index contributed by atoms with van der Waals surface area (Å²) < 4.78 is 7.40. The van der Waals surface area contributed by atoms with Gasteiger partial charge in [0.1, 0.15) is 12.4 Å². The fraction of sp³-hybridized carbons (Fsp3) is 0.333. The number of aromatic nitrogens is 2. The third-order valence-corrected chi connectivity index (χ3v) is 5.33. The monoisotopic (exact) mass is 365 g/mol. The number of imidazole rings is 1. The van der Waals surface area contributed by atoms with Crippen molar-refractivity contribution < 1.29 is 14.6 Å². The molecule has 0 spiro atoms. The lowest BCUT2D eigenvalue weighted by atomic mass is 9.77. The molecule has 0 saturated heterocycles. The van der Waals surface area contributed by atoms with Gasteiger partial charge in [0, 0.05) is 5.69 Å². The summed E-state index contributed by atoms with van der Waals surface area (Å²) in [5, 5.41) is 12.7. The van der Waals surface area contributed by atoms with Crippen LogP contribution in [0.4, 0.5) is 10.5 Å². The molecule has 0 aliphatic heterocycles. The summed E-state index contributed by atoms with van der Waals surface area (Å²) in [5.41, 5.74) is 3.12. The average molecular weight is 365 g/mol. The molecule has 1 heterocycles. The number of hydrogen-bond acceptors (Lipinski definition) is 4. The van der Waals surface area contributed by atoms with E-state index < -0.39 is 6.09 Å². The summed E-state index contributed by atoms with van der Waals surface area (Å²) >= 11 is 0. The SMILES string of the molecule is Cc1nc2cc(NC(=O)OCc3ccccc3)ccc2n1C1(CO)CCC1. The number of carbonyl (C=O) groups is 1. The van der Waals surface area contributed by atoms with Crippen LogP contribution in [0.1, 0.15) is 30.7 Å². The van der Waals surface area contributed by atoms with Gasteiger partial charge in [0.2, 0.25) is 0 Å².